The second-order valence-electron chi connectivity index (χ2n) is 6.99. The molecule has 0 aliphatic carbocycles. The number of hydrogen-bond acceptors (Lipinski definition) is 4. The fourth-order valence-corrected chi connectivity index (χ4v) is 3.21. The van der Waals surface area contributed by atoms with Crippen molar-refractivity contribution in [3.05, 3.63) is 101 Å². The van der Waals surface area contributed by atoms with Crippen LogP contribution in [0.5, 0.6) is 5.75 Å². The van der Waals surface area contributed by atoms with E-state index in [1.54, 1.807) is 10.6 Å². The first-order valence-electron chi connectivity index (χ1n) is 9.66. The molecule has 1 N–H and O–H groups in total. The van der Waals surface area contributed by atoms with Crippen LogP contribution in [0.1, 0.15) is 32.9 Å². The van der Waals surface area contributed by atoms with Gasteiger partial charge in [-0.3, -0.25) is 9.20 Å². The van der Waals surface area contributed by atoms with E-state index in [-0.39, 0.29) is 5.91 Å². The molecular weight excluding hydrogens is 376 g/mol. The largest absolute Gasteiger partial charge is 0.488 e. The molecule has 6 heteroatoms. The highest BCUT2D eigenvalue weighted by Crippen LogP contribution is 2.18. The molecule has 1 amide bonds. The zero-order valence-corrected chi connectivity index (χ0v) is 16.9. The summed E-state index contributed by atoms with van der Waals surface area (Å²) in [5.74, 6) is 0.378. The number of hydrazone groups is 1. The van der Waals surface area contributed by atoms with Crippen molar-refractivity contribution < 1.29 is 9.53 Å². The van der Waals surface area contributed by atoms with Crippen LogP contribution in [0.15, 0.2) is 78.0 Å². The lowest BCUT2D eigenvalue weighted by Crippen LogP contribution is -2.20. The first-order valence-corrected chi connectivity index (χ1v) is 9.66. The van der Waals surface area contributed by atoms with Crippen molar-refractivity contribution in [2.24, 2.45) is 5.10 Å². The molecule has 0 aliphatic heterocycles. The summed E-state index contributed by atoms with van der Waals surface area (Å²) in [6.45, 7) is 4.26. The highest BCUT2D eigenvalue weighted by Gasteiger charge is 2.16. The van der Waals surface area contributed by atoms with Gasteiger partial charge in [0.2, 0.25) is 0 Å². The van der Waals surface area contributed by atoms with E-state index in [4.69, 9.17) is 4.74 Å². The van der Waals surface area contributed by atoms with Crippen LogP contribution < -0.4 is 10.2 Å². The standard InChI is InChI=1S/C24H22N4O2/c1-17-12-13-28-22(14-17)26-18(2)23(28)24(29)27-25-15-20-10-6-7-11-21(20)30-16-19-8-4-3-5-9-19/h3-15H,16H2,1-2H3,(H,27,29)/b25-15-. The molecule has 4 rings (SSSR count). The lowest BCUT2D eigenvalue weighted by atomic mass is 10.2. The summed E-state index contributed by atoms with van der Waals surface area (Å²) in [5.41, 5.74) is 7.40. The third-order valence-electron chi connectivity index (χ3n) is 4.70. The van der Waals surface area contributed by atoms with E-state index in [9.17, 15) is 4.79 Å². The Balaban J connectivity index is 1.47. The van der Waals surface area contributed by atoms with Crippen molar-refractivity contribution in [1.29, 1.82) is 0 Å². The smallest absolute Gasteiger partial charge is 0.290 e. The summed E-state index contributed by atoms with van der Waals surface area (Å²) in [7, 11) is 0. The van der Waals surface area contributed by atoms with Crippen molar-refractivity contribution in [3.8, 4) is 5.75 Å². The van der Waals surface area contributed by atoms with Gasteiger partial charge >= 0.3 is 0 Å². The van der Waals surface area contributed by atoms with E-state index < -0.39 is 0 Å². The van der Waals surface area contributed by atoms with Crippen LogP contribution in [-0.2, 0) is 6.61 Å². The molecular formula is C24H22N4O2. The highest BCUT2D eigenvalue weighted by atomic mass is 16.5. The maximum Gasteiger partial charge on any atom is 0.290 e. The average molecular weight is 398 g/mol. The number of aromatic nitrogens is 2. The third-order valence-corrected chi connectivity index (χ3v) is 4.70. The Morgan fingerprint density at radius 2 is 1.87 bits per heavy atom. The van der Waals surface area contributed by atoms with Crippen LogP contribution in [0.2, 0.25) is 0 Å². The van der Waals surface area contributed by atoms with Gasteiger partial charge in [0, 0.05) is 11.8 Å². The SMILES string of the molecule is Cc1ccn2c(C(=O)N/N=C\c3ccccc3OCc3ccccc3)c(C)nc2c1. The van der Waals surface area contributed by atoms with Crippen LogP contribution in [0.3, 0.4) is 0 Å². The molecule has 0 saturated carbocycles. The molecule has 0 atom stereocenters. The summed E-state index contributed by atoms with van der Waals surface area (Å²) in [4.78, 5) is 17.2. The van der Waals surface area contributed by atoms with Crippen molar-refractivity contribution in [2.75, 3.05) is 0 Å². The van der Waals surface area contributed by atoms with Crippen molar-refractivity contribution >= 4 is 17.8 Å². The first kappa shape index (κ1) is 19.4. The summed E-state index contributed by atoms with van der Waals surface area (Å²) in [6.07, 6.45) is 3.43. The number of aryl methyl sites for hydroxylation is 2. The lowest BCUT2D eigenvalue weighted by Gasteiger charge is -2.09. The predicted octanol–water partition coefficient (Wildman–Crippen LogP) is 4.29. The van der Waals surface area contributed by atoms with E-state index in [1.165, 1.54) is 0 Å². The number of imidazole rings is 1. The molecule has 0 fully saturated rings. The van der Waals surface area contributed by atoms with E-state index >= 15 is 0 Å². The topological polar surface area (TPSA) is 68.0 Å². The molecule has 6 nitrogen and oxygen atoms in total. The van der Waals surface area contributed by atoms with Gasteiger partial charge in [-0.25, -0.2) is 10.4 Å². The minimum atomic E-state index is -0.317. The second kappa shape index (κ2) is 8.61. The number of amides is 1. The molecule has 0 saturated heterocycles. The first-order chi connectivity index (χ1) is 14.6. The quantitative estimate of drug-likeness (QED) is 0.389. The molecule has 4 aromatic rings. The van der Waals surface area contributed by atoms with Gasteiger partial charge in [0.05, 0.1) is 11.9 Å². The average Bonchev–Trinajstić information content (AvgIpc) is 3.08. The Kier molecular flexibility index (Phi) is 5.57. The molecule has 0 bridgehead atoms. The van der Waals surface area contributed by atoms with Gasteiger partial charge in [0.15, 0.2) is 0 Å². The number of carbonyl (C=O) groups excluding carboxylic acids is 1. The number of nitrogens with zero attached hydrogens (tertiary/aromatic N) is 3. The number of nitrogens with one attached hydrogen (secondary N) is 1. The molecule has 0 spiro atoms. The summed E-state index contributed by atoms with van der Waals surface area (Å²) >= 11 is 0. The van der Waals surface area contributed by atoms with Gasteiger partial charge < -0.3 is 4.74 Å². The fourth-order valence-electron chi connectivity index (χ4n) is 3.21. The third kappa shape index (κ3) is 4.22. The van der Waals surface area contributed by atoms with Crippen molar-refractivity contribution in [3.63, 3.8) is 0 Å². The highest BCUT2D eigenvalue weighted by molar-refractivity contribution is 5.95. The maximum absolute atomic E-state index is 12.7. The number of pyridine rings is 1. The Labute approximate surface area is 174 Å². The van der Waals surface area contributed by atoms with Crippen LogP contribution in [0, 0.1) is 13.8 Å². The Morgan fingerprint density at radius 1 is 1.10 bits per heavy atom. The number of fused-ring (bicyclic) bond motifs is 1. The van der Waals surface area contributed by atoms with Crippen molar-refractivity contribution in [2.45, 2.75) is 20.5 Å². The molecule has 2 heterocycles. The molecule has 0 unspecified atom stereocenters. The number of rotatable bonds is 6. The van der Waals surface area contributed by atoms with Gasteiger partial charge in [-0.05, 0) is 49.2 Å². The van der Waals surface area contributed by atoms with Crippen molar-refractivity contribution in [1.82, 2.24) is 14.8 Å². The minimum absolute atomic E-state index is 0.317. The van der Waals surface area contributed by atoms with E-state index in [0.717, 1.165) is 22.3 Å². The molecule has 30 heavy (non-hydrogen) atoms. The van der Waals surface area contributed by atoms with Gasteiger partial charge in [-0.1, -0.05) is 42.5 Å². The van der Waals surface area contributed by atoms with Crippen LogP contribution in [0.25, 0.3) is 5.65 Å². The zero-order valence-electron chi connectivity index (χ0n) is 16.9. The lowest BCUT2D eigenvalue weighted by molar-refractivity contribution is 0.0948. The second-order valence-corrected chi connectivity index (χ2v) is 6.99. The molecule has 150 valence electrons. The Bertz CT molecular complexity index is 1210. The van der Waals surface area contributed by atoms with Gasteiger partial charge in [-0.15, -0.1) is 0 Å². The number of hydrogen-bond donors (Lipinski definition) is 1. The predicted molar refractivity (Wildman–Crippen MR) is 117 cm³/mol. The summed E-state index contributed by atoms with van der Waals surface area (Å²) in [6, 6.07) is 21.4. The van der Waals surface area contributed by atoms with Crippen LogP contribution in [0.4, 0.5) is 0 Å². The van der Waals surface area contributed by atoms with Crippen LogP contribution >= 0.6 is 0 Å². The van der Waals surface area contributed by atoms with E-state index in [1.807, 2.05) is 86.8 Å². The Hall–Kier alpha value is -3.93. The summed E-state index contributed by atoms with van der Waals surface area (Å²) in [5, 5.41) is 4.13. The molecule has 0 aliphatic rings. The number of ether oxygens (including phenoxy) is 1. The number of carbonyl (C=O) groups is 1. The molecule has 0 radical (unpaired) electrons. The number of benzene rings is 2. The summed E-state index contributed by atoms with van der Waals surface area (Å²) < 4.78 is 7.69. The Morgan fingerprint density at radius 3 is 2.70 bits per heavy atom. The van der Waals surface area contributed by atoms with E-state index in [2.05, 4.69) is 15.5 Å². The van der Waals surface area contributed by atoms with E-state index in [0.29, 0.717) is 23.7 Å². The monoisotopic (exact) mass is 398 g/mol. The van der Waals surface area contributed by atoms with Gasteiger partial charge in [0.1, 0.15) is 23.7 Å². The normalized spacial score (nSPS) is 11.1. The maximum atomic E-state index is 12.7. The van der Waals surface area contributed by atoms with Gasteiger partial charge in [0.25, 0.3) is 5.91 Å². The molecule has 2 aromatic carbocycles. The van der Waals surface area contributed by atoms with Crippen LogP contribution in [-0.4, -0.2) is 21.5 Å². The molecule has 2 aromatic heterocycles. The minimum Gasteiger partial charge on any atom is -0.488 e. The fraction of sp³-hybridized carbons (Fsp3) is 0.125. The number of para-hydroxylation sites is 1. The van der Waals surface area contributed by atoms with Gasteiger partial charge in [-0.2, -0.15) is 5.10 Å². The zero-order chi connectivity index (χ0) is 20.9.